The van der Waals surface area contributed by atoms with Gasteiger partial charge in [0.2, 0.25) is 5.91 Å². The van der Waals surface area contributed by atoms with Gasteiger partial charge in [-0.15, -0.1) is 0 Å². The highest BCUT2D eigenvalue weighted by Crippen LogP contribution is 2.21. The Balaban J connectivity index is 4.23. The molecule has 0 fully saturated rings. The molecule has 0 aromatic heterocycles. The summed E-state index contributed by atoms with van der Waals surface area (Å²) in [6.07, 6.45) is 0.662. The van der Waals surface area contributed by atoms with Gasteiger partial charge in [0.1, 0.15) is 6.61 Å². The van der Waals surface area contributed by atoms with Crippen LogP contribution in [0.2, 0.25) is 0 Å². The molecule has 0 rings (SSSR count). The predicted octanol–water partition coefficient (Wildman–Crippen LogP) is 0.320. The quantitative estimate of drug-likeness (QED) is 0.645. The molecule has 0 bridgehead atoms. The lowest BCUT2D eigenvalue weighted by Gasteiger charge is -2.22. The van der Waals surface area contributed by atoms with Crippen molar-refractivity contribution in [3.8, 4) is 0 Å². The Bertz CT molecular complexity index is 250. The van der Waals surface area contributed by atoms with E-state index in [9.17, 15) is 9.59 Å². The summed E-state index contributed by atoms with van der Waals surface area (Å²) in [5, 5.41) is 11.4. The van der Waals surface area contributed by atoms with Gasteiger partial charge in [-0.2, -0.15) is 0 Å². The largest absolute Gasteiger partial charge is 0.464 e. The van der Waals surface area contributed by atoms with E-state index in [4.69, 9.17) is 9.84 Å². The molecule has 0 radical (unpaired) electrons. The van der Waals surface area contributed by atoms with Gasteiger partial charge in [0.05, 0.1) is 17.9 Å². The van der Waals surface area contributed by atoms with Crippen LogP contribution in [0.1, 0.15) is 27.2 Å². The number of carbonyl (C=O) groups excluding carboxylic acids is 2. The van der Waals surface area contributed by atoms with Crippen molar-refractivity contribution in [1.29, 1.82) is 0 Å². The van der Waals surface area contributed by atoms with E-state index in [1.54, 1.807) is 13.8 Å². The van der Waals surface area contributed by atoms with Gasteiger partial charge in [0.25, 0.3) is 0 Å². The van der Waals surface area contributed by atoms with Crippen LogP contribution in [0.4, 0.5) is 0 Å². The zero-order chi connectivity index (χ0) is 12.8. The third-order valence-electron chi connectivity index (χ3n) is 2.69. The highest BCUT2D eigenvalue weighted by Gasteiger charge is 2.28. The Labute approximate surface area is 96.2 Å². The van der Waals surface area contributed by atoms with Gasteiger partial charge in [0.15, 0.2) is 0 Å². The molecule has 0 aliphatic heterocycles. The van der Waals surface area contributed by atoms with Crippen LogP contribution in [-0.4, -0.2) is 37.2 Å². The first-order chi connectivity index (χ1) is 7.38. The molecule has 2 N–H and O–H groups in total. The Morgan fingerprint density at radius 2 is 2.00 bits per heavy atom. The number of rotatable bonds is 6. The standard InChI is InChI=1S/C11H21NO4/c1-5-11(2,3)10(15)16-7-8(6-13)9(14)12-4/h8,13H,5-7H2,1-4H3,(H,12,14). The highest BCUT2D eigenvalue weighted by atomic mass is 16.5. The molecule has 1 unspecified atom stereocenters. The van der Waals surface area contributed by atoms with Crippen molar-refractivity contribution in [1.82, 2.24) is 5.32 Å². The van der Waals surface area contributed by atoms with Crippen LogP contribution < -0.4 is 5.32 Å². The van der Waals surface area contributed by atoms with Crippen LogP contribution in [0.25, 0.3) is 0 Å². The van der Waals surface area contributed by atoms with E-state index in [1.165, 1.54) is 7.05 Å². The van der Waals surface area contributed by atoms with Gasteiger partial charge in [-0.1, -0.05) is 6.92 Å². The minimum Gasteiger partial charge on any atom is -0.464 e. The molecule has 0 saturated heterocycles. The summed E-state index contributed by atoms with van der Waals surface area (Å²) >= 11 is 0. The Morgan fingerprint density at radius 3 is 2.38 bits per heavy atom. The van der Waals surface area contributed by atoms with Gasteiger partial charge in [-0.25, -0.2) is 0 Å². The normalized spacial score (nSPS) is 13.1. The molecular weight excluding hydrogens is 210 g/mol. The summed E-state index contributed by atoms with van der Waals surface area (Å²) in [5.41, 5.74) is -0.553. The number of aliphatic hydroxyl groups excluding tert-OH is 1. The van der Waals surface area contributed by atoms with Crippen LogP contribution in [0, 0.1) is 11.3 Å². The number of amides is 1. The van der Waals surface area contributed by atoms with E-state index >= 15 is 0 Å². The lowest BCUT2D eigenvalue weighted by molar-refractivity contribution is -0.156. The second-order valence-electron chi connectivity index (χ2n) is 4.33. The number of aliphatic hydroxyl groups is 1. The first-order valence-electron chi connectivity index (χ1n) is 5.38. The molecule has 94 valence electrons. The molecular formula is C11H21NO4. The van der Waals surface area contributed by atoms with Gasteiger partial charge in [-0.3, -0.25) is 9.59 Å². The fourth-order valence-electron chi connectivity index (χ4n) is 0.931. The van der Waals surface area contributed by atoms with Crippen molar-refractivity contribution < 1.29 is 19.4 Å². The molecule has 1 amide bonds. The smallest absolute Gasteiger partial charge is 0.311 e. The molecule has 0 spiro atoms. The molecule has 0 aromatic rings. The third-order valence-corrected chi connectivity index (χ3v) is 2.69. The molecule has 16 heavy (non-hydrogen) atoms. The maximum absolute atomic E-state index is 11.6. The summed E-state index contributed by atoms with van der Waals surface area (Å²) in [6, 6.07) is 0. The molecule has 0 saturated carbocycles. The average Bonchev–Trinajstić information content (AvgIpc) is 2.28. The molecule has 0 aliphatic rings. The molecule has 5 heteroatoms. The van der Waals surface area contributed by atoms with E-state index in [2.05, 4.69) is 5.32 Å². The van der Waals surface area contributed by atoms with Crippen molar-refractivity contribution in [3.05, 3.63) is 0 Å². The van der Waals surface area contributed by atoms with Crippen LogP contribution in [0.3, 0.4) is 0 Å². The second-order valence-corrected chi connectivity index (χ2v) is 4.33. The van der Waals surface area contributed by atoms with Crippen molar-refractivity contribution in [3.63, 3.8) is 0 Å². The van der Waals surface area contributed by atoms with Crippen LogP contribution in [0.15, 0.2) is 0 Å². The Kier molecular flexibility index (Phi) is 6.03. The maximum atomic E-state index is 11.6. The number of hydrogen-bond donors (Lipinski definition) is 2. The zero-order valence-electron chi connectivity index (χ0n) is 10.4. The van der Waals surface area contributed by atoms with E-state index in [-0.39, 0.29) is 25.1 Å². The Hall–Kier alpha value is -1.10. The van der Waals surface area contributed by atoms with Crippen LogP contribution in [0.5, 0.6) is 0 Å². The van der Waals surface area contributed by atoms with Gasteiger partial charge in [-0.05, 0) is 20.3 Å². The number of ether oxygens (including phenoxy) is 1. The number of hydrogen-bond acceptors (Lipinski definition) is 4. The van der Waals surface area contributed by atoms with E-state index in [1.807, 2.05) is 6.92 Å². The fourth-order valence-corrected chi connectivity index (χ4v) is 0.931. The molecule has 0 aliphatic carbocycles. The van der Waals surface area contributed by atoms with E-state index < -0.39 is 11.3 Å². The van der Waals surface area contributed by atoms with Gasteiger partial charge < -0.3 is 15.2 Å². The minimum absolute atomic E-state index is 0.0849. The number of nitrogens with one attached hydrogen (secondary N) is 1. The minimum atomic E-state index is -0.693. The predicted molar refractivity (Wildman–Crippen MR) is 59.7 cm³/mol. The molecule has 0 aromatic carbocycles. The number of carbonyl (C=O) groups is 2. The molecule has 0 heterocycles. The van der Waals surface area contributed by atoms with Crippen molar-refractivity contribution >= 4 is 11.9 Å². The topological polar surface area (TPSA) is 75.6 Å². The highest BCUT2D eigenvalue weighted by molar-refractivity contribution is 5.79. The first kappa shape index (κ1) is 14.9. The first-order valence-corrected chi connectivity index (χ1v) is 5.38. The SMILES string of the molecule is CCC(C)(C)C(=O)OCC(CO)C(=O)NC. The maximum Gasteiger partial charge on any atom is 0.311 e. The van der Waals surface area contributed by atoms with Crippen molar-refractivity contribution in [2.45, 2.75) is 27.2 Å². The van der Waals surface area contributed by atoms with Crippen LogP contribution >= 0.6 is 0 Å². The van der Waals surface area contributed by atoms with Crippen LogP contribution in [-0.2, 0) is 14.3 Å². The van der Waals surface area contributed by atoms with Gasteiger partial charge >= 0.3 is 5.97 Å². The molecule has 5 nitrogen and oxygen atoms in total. The fraction of sp³-hybridized carbons (Fsp3) is 0.818. The van der Waals surface area contributed by atoms with E-state index in [0.717, 1.165) is 0 Å². The Morgan fingerprint density at radius 1 is 1.44 bits per heavy atom. The van der Waals surface area contributed by atoms with Crippen molar-refractivity contribution in [2.75, 3.05) is 20.3 Å². The summed E-state index contributed by atoms with van der Waals surface area (Å²) in [4.78, 5) is 22.8. The monoisotopic (exact) mass is 231 g/mol. The lowest BCUT2D eigenvalue weighted by atomic mass is 9.91. The van der Waals surface area contributed by atoms with E-state index in [0.29, 0.717) is 6.42 Å². The third kappa shape index (κ3) is 4.18. The second kappa shape index (κ2) is 6.48. The zero-order valence-corrected chi connectivity index (χ0v) is 10.4. The number of esters is 1. The summed E-state index contributed by atoms with van der Waals surface area (Å²) < 4.78 is 5.01. The average molecular weight is 231 g/mol. The summed E-state index contributed by atoms with van der Waals surface area (Å²) in [5.74, 6) is -1.37. The summed E-state index contributed by atoms with van der Waals surface area (Å²) in [6.45, 7) is 5.04. The summed E-state index contributed by atoms with van der Waals surface area (Å²) in [7, 11) is 1.47. The molecule has 1 atom stereocenters. The van der Waals surface area contributed by atoms with Crippen molar-refractivity contribution in [2.24, 2.45) is 11.3 Å². The lowest BCUT2D eigenvalue weighted by Crippen LogP contribution is -2.35. The van der Waals surface area contributed by atoms with Gasteiger partial charge in [0, 0.05) is 7.05 Å².